The van der Waals surface area contributed by atoms with Gasteiger partial charge in [-0.3, -0.25) is 9.48 Å². The van der Waals surface area contributed by atoms with Crippen molar-refractivity contribution in [3.05, 3.63) is 30.1 Å². The maximum atomic E-state index is 11.8. The first kappa shape index (κ1) is 14.9. The SMILES string of the molecule is C=CCCC(NC(=O)Cn1nc(C)cc1C)C(=O)O. The largest absolute Gasteiger partial charge is 0.480 e. The molecule has 0 saturated heterocycles. The van der Waals surface area contributed by atoms with Gasteiger partial charge in [-0.1, -0.05) is 6.08 Å². The van der Waals surface area contributed by atoms with Crippen molar-refractivity contribution in [1.29, 1.82) is 0 Å². The van der Waals surface area contributed by atoms with Crippen LogP contribution in [0.1, 0.15) is 24.2 Å². The van der Waals surface area contributed by atoms with Crippen LogP contribution >= 0.6 is 0 Å². The summed E-state index contributed by atoms with van der Waals surface area (Å²) in [5.41, 5.74) is 1.69. The Balaban J connectivity index is 2.59. The van der Waals surface area contributed by atoms with E-state index in [1.807, 2.05) is 19.9 Å². The summed E-state index contributed by atoms with van der Waals surface area (Å²) in [6, 6.07) is 0.974. The first-order valence-corrected chi connectivity index (χ1v) is 6.08. The van der Waals surface area contributed by atoms with Crippen LogP contribution in [0.4, 0.5) is 0 Å². The Morgan fingerprint density at radius 1 is 1.58 bits per heavy atom. The topological polar surface area (TPSA) is 84.2 Å². The van der Waals surface area contributed by atoms with Crippen LogP contribution < -0.4 is 5.32 Å². The summed E-state index contributed by atoms with van der Waals surface area (Å²) in [4.78, 5) is 22.8. The van der Waals surface area contributed by atoms with Gasteiger partial charge < -0.3 is 10.4 Å². The van der Waals surface area contributed by atoms with E-state index in [2.05, 4.69) is 17.0 Å². The summed E-state index contributed by atoms with van der Waals surface area (Å²) in [7, 11) is 0. The van der Waals surface area contributed by atoms with Gasteiger partial charge >= 0.3 is 5.97 Å². The van der Waals surface area contributed by atoms with E-state index in [1.165, 1.54) is 0 Å². The summed E-state index contributed by atoms with van der Waals surface area (Å²) >= 11 is 0. The molecule has 1 rings (SSSR count). The van der Waals surface area contributed by atoms with Gasteiger partial charge in [-0.25, -0.2) is 4.79 Å². The Kier molecular flexibility index (Phi) is 5.29. The first-order chi connectivity index (χ1) is 8.93. The number of carboxylic acids is 1. The van der Waals surface area contributed by atoms with Crippen LogP contribution in [0.3, 0.4) is 0 Å². The van der Waals surface area contributed by atoms with Gasteiger partial charge in [0.25, 0.3) is 0 Å². The van der Waals surface area contributed by atoms with E-state index >= 15 is 0 Å². The molecule has 2 N–H and O–H groups in total. The number of carbonyl (C=O) groups is 2. The zero-order chi connectivity index (χ0) is 14.4. The molecule has 1 heterocycles. The molecule has 0 aromatic carbocycles. The van der Waals surface area contributed by atoms with Gasteiger partial charge in [-0.15, -0.1) is 6.58 Å². The number of allylic oxidation sites excluding steroid dienone is 1. The third-order valence-corrected chi connectivity index (χ3v) is 2.69. The minimum absolute atomic E-state index is 0.0253. The summed E-state index contributed by atoms with van der Waals surface area (Å²) in [6.45, 7) is 7.24. The first-order valence-electron chi connectivity index (χ1n) is 6.08. The number of hydrogen-bond acceptors (Lipinski definition) is 3. The van der Waals surface area contributed by atoms with E-state index in [0.29, 0.717) is 12.8 Å². The fraction of sp³-hybridized carbons (Fsp3) is 0.462. The van der Waals surface area contributed by atoms with Crippen molar-refractivity contribution in [2.24, 2.45) is 0 Å². The number of amides is 1. The average molecular weight is 265 g/mol. The van der Waals surface area contributed by atoms with Crippen molar-refractivity contribution in [2.75, 3.05) is 0 Å². The van der Waals surface area contributed by atoms with E-state index in [4.69, 9.17) is 5.11 Å². The van der Waals surface area contributed by atoms with Crippen molar-refractivity contribution in [3.63, 3.8) is 0 Å². The molecular formula is C13H19N3O3. The lowest BCUT2D eigenvalue weighted by Gasteiger charge is -2.14. The highest BCUT2D eigenvalue weighted by atomic mass is 16.4. The van der Waals surface area contributed by atoms with Gasteiger partial charge in [0.05, 0.1) is 5.69 Å². The standard InChI is InChI=1S/C13H19N3O3/c1-4-5-6-11(13(18)19)14-12(17)8-16-10(3)7-9(2)15-16/h4,7,11H,1,5-6,8H2,2-3H3,(H,14,17)(H,18,19). The molecule has 0 aliphatic heterocycles. The molecule has 6 heteroatoms. The summed E-state index contributed by atoms with van der Waals surface area (Å²) < 4.78 is 1.55. The molecule has 1 atom stereocenters. The highest BCUT2D eigenvalue weighted by molar-refractivity contribution is 5.83. The second kappa shape index (κ2) is 6.72. The minimum atomic E-state index is -1.04. The normalized spacial score (nSPS) is 11.9. The number of rotatable bonds is 7. The molecule has 6 nitrogen and oxygen atoms in total. The maximum absolute atomic E-state index is 11.8. The molecule has 0 spiro atoms. The molecule has 1 unspecified atom stereocenters. The maximum Gasteiger partial charge on any atom is 0.326 e. The molecule has 1 aromatic heterocycles. The Hall–Kier alpha value is -2.11. The third kappa shape index (κ3) is 4.57. The Morgan fingerprint density at radius 2 is 2.26 bits per heavy atom. The van der Waals surface area contributed by atoms with Gasteiger partial charge in [0.2, 0.25) is 5.91 Å². The summed E-state index contributed by atoms with van der Waals surface area (Å²) in [5.74, 6) is -1.40. The summed E-state index contributed by atoms with van der Waals surface area (Å²) in [5, 5.41) is 15.6. The number of carboxylic acid groups (broad SMARTS) is 1. The molecule has 1 amide bonds. The quantitative estimate of drug-likeness (QED) is 0.721. The molecular weight excluding hydrogens is 246 g/mol. The lowest BCUT2D eigenvalue weighted by Crippen LogP contribution is -2.42. The van der Waals surface area contributed by atoms with E-state index in [0.717, 1.165) is 11.4 Å². The molecule has 1 aromatic rings. The zero-order valence-corrected chi connectivity index (χ0v) is 11.2. The van der Waals surface area contributed by atoms with Gasteiger partial charge in [-0.2, -0.15) is 5.10 Å². The van der Waals surface area contributed by atoms with Gasteiger partial charge in [0.15, 0.2) is 0 Å². The highest BCUT2D eigenvalue weighted by Gasteiger charge is 2.19. The number of hydrogen-bond donors (Lipinski definition) is 2. The Bertz CT molecular complexity index is 479. The average Bonchev–Trinajstić information content (AvgIpc) is 2.62. The van der Waals surface area contributed by atoms with Crippen LogP contribution in [0.25, 0.3) is 0 Å². The van der Waals surface area contributed by atoms with Crippen LogP contribution in [0.5, 0.6) is 0 Å². The van der Waals surface area contributed by atoms with E-state index in [1.54, 1.807) is 10.8 Å². The molecule has 0 aliphatic carbocycles. The predicted octanol–water partition coefficient (Wildman–Crippen LogP) is 1.04. The van der Waals surface area contributed by atoms with E-state index in [9.17, 15) is 9.59 Å². The van der Waals surface area contributed by atoms with Crippen LogP contribution in [0.15, 0.2) is 18.7 Å². The number of carbonyl (C=O) groups excluding carboxylic acids is 1. The molecule has 0 bridgehead atoms. The lowest BCUT2D eigenvalue weighted by atomic mass is 10.1. The Labute approximate surface area is 112 Å². The number of aryl methyl sites for hydroxylation is 2. The van der Waals surface area contributed by atoms with Crippen LogP contribution in [-0.2, 0) is 16.1 Å². The van der Waals surface area contributed by atoms with Gasteiger partial charge in [-0.05, 0) is 32.8 Å². The molecule has 0 aliphatic rings. The van der Waals surface area contributed by atoms with Crippen molar-refractivity contribution in [2.45, 2.75) is 39.3 Å². The molecule has 104 valence electrons. The minimum Gasteiger partial charge on any atom is -0.480 e. The predicted molar refractivity (Wildman–Crippen MR) is 70.7 cm³/mol. The second-order valence-electron chi connectivity index (χ2n) is 4.41. The van der Waals surface area contributed by atoms with Gasteiger partial charge in [0.1, 0.15) is 12.6 Å². The lowest BCUT2D eigenvalue weighted by molar-refractivity contribution is -0.142. The van der Waals surface area contributed by atoms with Crippen molar-refractivity contribution >= 4 is 11.9 Å². The fourth-order valence-corrected chi connectivity index (χ4v) is 1.75. The molecule has 0 radical (unpaired) electrons. The van der Waals surface area contributed by atoms with Crippen molar-refractivity contribution in [3.8, 4) is 0 Å². The second-order valence-corrected chi connectivity index (χ2v) is 4.41. The van der Waals surface area contributed by atoms with E-state index < -0.39 is 12.0 Å². The number of nitrogens with one attached hydrogen (secondary N) is 1. The third-order valence-electron chi connectivity index (χ3n) is 2.69. The van der Waals surface area contributed by atoms with E-state index in [-0.39, 0.29) is 12.5 Å². The molecule has 19 heavy (non-hydrogen) atoms. The number of aromatic nitrogens is 2. The van der Waals surface area contributed by atoms with Gasteiger partial charge in [0, 0.05) is 5.69 Å². The van der Waals surface area contributed by atoms with Crippen molar-refractivity contribution in [1.82, 2.24) is 15.1 Å². The molecule has 0 saturated carbocycles. The number of aliphatic carboxylic acids is 1. The van der Waals surface area contributed by atoms with Crippen LogP contribution in [0, 0.1) is 13.8 Å². The molecule has 0 fully saturated rings. The monoisotopic (exact) mass is 265 g/mol. The summed E-state index contributed by atoms with van der Waals surface area (Å²) in [6.07, 6.45) is 2.50. The van der Waals surface area contributed by atoms with Crippen LogP contribution in [0.2, 0.25) is 0 Å². The van der Waals surface area contributed by atoms with Crippen LogP contribution in [-0.4, -0.2) is 32.8 Å². The fourth-order valence-electron chi connectivity index (χ4n) is 1.75. The Morgan fingerprint density at radius 3 is 2.74 bits per heavy atom. The highest BCUT2D eigenvalue weighted by Crippen LogP contribution is 2.02. The zero-order valence-electron chi connectivity index (χ0n) is 11.2. The van der Waals surface area contributed by atoms with Crippen molar-refractivity contribution < 1.29 is 14.7 Å². The smallest absolute Gasteiger partial charge is 0.326 e. The number of nitrogens with zero attached hydrogens (tertiary/aromatic N) is 2.